The van der Waals surface area contributed by atoms with E-state index < -0.39 is 0 Å². The summed E-state index contributed by atoms with van der Waals surface area (Å²) in [7, 11) is 0. The second kappa shape index (κ2) is 6.51. The van der Waals surface area contributed by atoms with Gasteiger partial charge >= 0.3 is 0 Å². The largest absolute Gasteiger partial charge is 0.313 e. The Kier molecular flexibility index (Phi) is 5.26. The van der Waals surface area contributed by atoms with Gasteiger partial charge in [0.15, 0.2) is 0 Å². The van der Waals surface area contributed by atoms with Gasteiger partial charge in [-0.05, 0) is 18.9 Å². The Labute approximate surface area is 92.3 Å². The van der Waals surface area contributed by atoms with E-state index >= 15 is 0 Å². The first kappa shape index (κ1) is 12.1. The first-order chi connectivity index (χ1) is 7.22. The molecular weight excluding hydrogens is 186 g/mol. The summed E-state index contributed by atoms with van der Waals surface area (Å²) in [6.07, 6.45) is 5.97. The van der Waals surface area contributed by atoms with Crippen molar-refractivity contribution in [2.75, 3.05) is 6.54 Å². The fraction of sp³-hybridized carbons (Fsp3) is 0.667. The highest BCUT2D eigenvalue weighted by Gasteiger charge is 2.00. The third kappa shape index (κ3) is 4.88. The van der Waals surface area contributed by atoms with Gasteiger partial charge in [0, 0.05) is 30.9 Å². The van der Waals surface area contributed by atoms with Gasteiger partial charge < -0.3 is 5.32 Å². The molecule has 1 rings (SSSR count). The monoisotopic (exact) mass is 207 g/mol. The maximum Gasteiger partial charge on any atom is 0.128 e. The van der Waals surface area contributed by atoms with Crippen molar-refractivity contribution < 1.29 is 0 Å². The van der Waals surface area contributed by atoms with Crippen LogP contribution in [-0.4, -0.2) is 16.5 Å². The molecule has 0 unspecified atom stereocenters. The molecule has 0 aliphatic carbocycles. The second-order valence-electron chi connectivity index (χ2n) is 4.28. The molecule has 0 aliphatic rings. The van der Waals surface area contributed by atoms with Crippen molar-refractivity contribution in [1.82, 2.24) is 15.3 Å². The molecule has 3 nitrogen and oxygen atoms in total. The Morgan fingerprint density at radius 1 is 1.27 bits per heavy atom. The lowest BCUT2D eigenvalue weighted by molar-refractivity contribution is 0.616. The number of nitrogens with zero attached hydrogens (tertiary/aromatic N) is 2. The normalized spacial score (nSPS) is 10.9. The topological polar surface area (TPSA) is 37.8 Å². The molecule has 0 aromatic carbocycles. The summed E-state index contributed by atoms with van der Waals surface area (Å²) >= 11 is 0. The summed E-state index contributed by atoms with van der Waals surface area (Å²) in [5.74, 6) is 1.57. The lowest BCUT2D eigenvalue weighted by atomic mass is 10.1. The third-order valence-corrected chi connectivity index (χ3v) is 2.11. The zero-order chi connectivity index (χ0) is 11.1. The Morgan fingerprint density at radius 3 is 2.47 bits per heavy atom. The number of hydrogen-bond acceptors (Lipinski definition) is 3. The lowest BCUT2D eigenvalue weighted by Gasteiger charge is -2.05. The molecule has 3 heteroatoms. The van der Waals surface area contributed by atoms with Crippen LogP contribution in [0.3, 0.4) is 0 Å². The van der Waals surface area contributed by atoms with Gasteiger partial charge in [0.25, 0.3) is 0 Å². The number of rotatable bonds is 6. The van der Waals surface area contributed by atoms with Gasteiger partial charge in [0.05, 0.1) is 0 Å². The van der Waals surface area contributed by atoms with E-state index in [2.05, 4.69) is 36.1 Å². The van der Waals surface area contributed by atoms with Gasteiger partial charge in [-0.2, -0.15) is 0 Å². The molecule has 1 aromatic heterocycles. The van der Waals surface area contributed by atoms with E-state index in [0.717, 1.165) is 37.3 Å². The summed E-state index contributed by atoms with van der Waals surface area (Å²) in [6, 6.07) is 0. The molecule has 1 heterocycles. The molecule has 0 amide bonds. The van der Waals surface area contributed by atoms with Gasteiger partial charge in [0.1, 0.15) is 5.82 Å². The van der Waals surface area contributed by atoms with E-state index in [1.165, 1.54) is 0 Å². The third-order valence-electron chi connectivity index (χ3n) is 2.11. The van der Waals surface area contributed by atoms with Crippen molar-refractivity contribution in [2.45, 2.75) is 40.2 Å². The molecule has 0 spiro atoms. The zero-order valence-corrected chi connectivity index (χ0v) is 9.95. The van der Waals surface area contributed by atoms with Crippen LogP contribution in [0.25, 0.3) is 0 Å². The van der Waals surface area contributed by atoms with Crippen LogP contribution >= 0.6 is 0 Å². The molecule has 0 radical (unpaired) electrons. The smallest absolute Gasteiger partial charge is 0.128 e. The van der Waals surface area contributed by atoms with Crippen molar-refractivity contribution in [1.29, 1.82) is 0 Å². The van der Waals surface area contributed by atoms with E-state index in [-0.39, 0.29) is 0 Å². The molecule has 0 aliphatic heterocycles. The fourth-order valence-electron chi connectivity index (χ4n) is 1.35. The van der Waals surface area contributed by atoms with Gasteiger partial charge in [-0.25, -0.2) is 9.97 Å². The first-order valence-corrected chi connectivity index (χ1v) is 5.73. The average molecular weight is 207 g/mol. The second-order valence-corrected chi connectivity index (χ2v) is 4.28. The highest BCUT2D eigenvalue weighted by Crippen LogP contribution is 2.02. The molecular formula is C12H21N3. The van der Waals surface area contributed by atoms with E-state index in [9.17, 15) is 0 Å². The minimum absolute atomic E-state index is 0.620. The minimum atomic E-state index is 0.620. The van der Waals surface area contributed by atoms with Crippen LogP contribution in [0.15, 0.2) is 12.4 Å². The molecule has 0 saturated carbocycles. The van der Waals surface area contributed by atoms with Gasteiger partial charge in [-0.1, -0.05) is 20.8 Å². The Hall–Kier alpha value is -0.960. The molecule has 0 fully saturated rings. The molecule has 1 N–H and O–H groups in total. The number of nitrogens with one attached hydrogen (secondary N) is 1. The molecule has 0 saturated heterocycles. The molecule has 0 bridgehead atoms. The van der Waals surface area contributed by atoms with Crippen LogP contribution < -0.4 is 5.32 Å². The van der Waals surface area contributed by atoms with Crippen molar-refractivity contribution in [3.63, 3.8) is 0 Å². The highest BCUT2D eigenvalue weighted by molar-refractivity contribution is 5.05. The zero-order valence-electron chi connectivity index (χ0n) is 9.95. The molecule has 15 heavy (non-hydrogen) atoms. The Morgan fingerprint density at radius 2 is 1.93 bits per heavy atom. The number of hydrogen-bond donors (Lipinski definition) is 1. The first-order valence-electron chi connectivity index (χ1n) is 5.73. The standard InChI is InChI=1S/C12H21N3/c1-4-5-13-7-11-8-14-12(15-9-11)6-10(2)3/h8-10,13H,4-7H2,1-3H3. The van der Waals surface area contributed by atoms with Gasteiger partial charge in [0.2, 0.25) is 0 Å². The van der Waals surface area contributed by atoms with Crippen LogP contribution in [0.2, 0.25) is 0 Å². The maximum atomic E-state index is 4.35. The average Bonchev–Trinajstić information content (AvgIpc) is 2.20. The van der Waals surface area contributed by atoms with Crippen LogP contribution in [-0.2, 0) is 13.0 Å². The summed E-state index contributed by atoms with van der Waals surface area (Å²) in [5.41, 5.74) is 1.16. The predicted octanol–water partition coefficient (Wildman–Crippen LogP) is 2.17. The van der Waals surface area contributed by atoms with Gasteiger partial charge in [-0.3, -0.25) is 0 Å². The lowest BCUT2D eigenvalue weighted by Crippen LogP contribution is -2.14. The fourth-order valence-corrected chi connectivity index (χ4v) is 1.35. The van der Waals surface area contributed by atoms with Crippen LogP contribution in [0.1, 0.15) is 38.6 Å². The van der Waals surface area contributed by atoms with Crippen LogP contribution in [0.5, 0.6) is 0 Å². The van der Waals surface area contributed by atoms with Crippen molar-refractivity contribution in [3.05, 3.63) is 23.8 Å². The molecule has 0 atom stereocenters. The number of aromatic nitrogens is 2. The quantitative estimate of drug-likeness (QED) is 0.726. The van der Waals surface area contributed by atoms with Gasteiger partial charge in [-0.15, -0.1) is 0 Å². The van der Waals surface area contributed by atoms with E-state index in [1.807, 2.05) is 12.4 Å². The van der Waals surface area contributed by atoms with Crippen LogP contribution in [0.4, 0.5) is 0 Å². The predicted molar refractivity (Wildman–Crippen MR) is 62.6 cm³/mol. The molecule has 84 valence electrons. The Bertz CT molecular complexity index is 267. The minimum Gasteiger partial charge on any atom is -0.313 e. The van der Waals surface area contributed by atoms with Crippen LogP contribution in [0, 0.1) is 5.92 Å². The molecule has 1 aromatic rings. The maximum absolute atomic E-state index is 4.35. The van der Waals surface area contributed by atoms with Crippen molar-refractivity contribution >= 4 is 0 Å². The van der Waals surface area contributed by atoms with E-state index in [1.54, 1.807) is 0 Å². The van der Waals surface area contributed by atoms with E-state index in [0.29, 0.717) is 5.92 Å². The summed E-state index contributed by atoms with van der Waals surface area (Å²) in [4.78, 5) is 8.69. The van der Waals surface area contributed by atoms with E-state index in [4.69, 9.17) is 0 Å². The van der Waals surface area contributed by atoms with Crippen molar-refractivity contribution in [2.24, 2.45) is 5.92 Å². The summed E-state index contributed by atoms with van der Waals surface area (Å²) < 4.78 is 0. The summed E-state index contributed by atoms with van der Waals surface area (Å²) in [5, 5.41) is 3.33. The van der Waals surface area contributed by atoms with Crippen molar-refractivity contribution in [3.8, 4) is 0 Å². The SMILES string of the molecule is CCCNCc1cnc(CC(C)C)nc1. The summed E-state index contributed by atoms with van der Waals surface area (Å²) in [6.45, 7) is 8.44. The Balaban J connectivity index is 2.42. The highest BCUT2D eigenvalue weighted by atomic mass is 14.9.